The summed E-state index contributed by atoms with van der Waals surface area (Å²) in [6.45, 7) is 4.69. The van der Waals surface area contributed by atoms with Crippen molar-refractivity contribution in [2.75, 3.05) is 5.32 Å². The lowest BCUT2D eigenvalue weighted by Gasteiger charge is -2.34. The first-order chi connectivity index (χ1) is 7.66. The molecule has 0 aromatic heterocycles. The van der Waals surface area contributed by atoms with E-state index < -0.39 is 0 Å². The Labute approximate surface area is 103 Å². The fourth-order valence-corrected chi connectivity index (χ4v) is 2.85. The highest BCUT2D eigenvalue weighted by molar-refractivity contribution is 6.33. The molecule has 1 aromatic carbocycles. The standard InChI is InChI=1S/C14H20ClN/c1-10-7-8-13(11(2)9-10)16-14-6-4-3-5-12(14)15/h3-6,10-11,13,16H,7-9H2,1-2H3. The quantitative estimate of drug-likeness (QED) is 0.794. The predicted molar refractivity (Wildman–Crippen MR) is 71.0 cm³/mol. The summed E-state index contributed by atoms with van der Waals surface area (Å²) in [6, 6.07) is 8.59. The van der Waals surface area contributed by atoms with Crippen molar-refractivity contribution in [3.05, 3.63) is 29.3 Å². The number of halogens is 1. The zero-order chi connectivity index (χ0) is 11.5. The van der Waals surface area contributed by atoms with E-state index in [1.807, 2.05) is 18.2 Å². The monoisotopic (exact) mass is 237 g/mol. The molecule has 3 unspecified atom stereocenters. The minimum atomic E-state index is 0.580. The summed E-state index contributed by atoms with van der Waals surface area (Å²) in [5.74, 6) is 1.61. The van der Waals surface area contributed by atoms with Crippen LogP contribution in [0.3, 0.4) is 0 Å². The number of para-hydroxylation sites is 1. The molecule has 16 heavy (non-hydrogen) atoms. The Bertz CT molecular complexity index is 350. The molecule has 0 bridgehead atoms. The van der Waals surface area contributed by atoms with Gasteiger partial charge in [-0.25, -0.2) is 0 Å². The molecule has 88 valence electrons. The van der Waals surface area contributed by atoms with Crippen LogP contribution in [-0.4, -0.2) is 6.04 Å². The van der Waals surface area contributed by atoms with E-state index in [4.69, 9.17) is 11.6 Å². The predicted octanol–water partition coefficient (Wildman–Crippen LogP) is 4.58. The molecule has 2 heteroatoms. The van der Waals surface area contributed by atoms with Gasteiger partial charge in [-0.2, -0.15) is 0 Å². The summed E-state index contributed by atoms with van der Waals surface area (Å²) in [5.41, 5.74) is 1.08. The van der Waals surface area contributed by atoms with Gasteiger partial charge < -0.3 is 5.32 Å². The molecule has 0 saturated heterocycles. The van der Waals surface area contributed by atoms with Gasteiger partial charge in [-0.05, 0) is 43.2 Å². The van der Waals surface area contributed by atoms with E-state index in [-0.39, 0.29) is 0 Å². The number of rotatable bonds is 2. The van der Waals surface area contributed by atoms with Crippen molar-refractivity contribution in [2.24, 2.45) is 11.8 Å². The minimum absolute atomic E-state index is 0.580. The summed E-state index contributed by atoms with van der Waals surface area (Å²) in [5, 5.41) is 4.41. The number of anilines is 1. The highest BCUT2D eigenvalue weighted by Gasteiger charge is 2.25. The van der Waals surface area contributed by atoms with Crippen LogP contribution >= 0.6 is 11.6 Å². The zero-order valence-corrected chi connectivity index (χ0v) is 10.8. The van der Waals surface area contributed by atoms with Crippen molar-refractivity contribution >= 4 is 17.3 Å². The third-order valence-corrected chi connectivity index (χ3v) is 3.98. The molecule has 3 atom stereocenters. The van der Waals surface area contributed by atoms with Crippen LogP contribution in [0, 0.1) is 11.8 Å². The number of hydrogen-bond donors (Lipinski definition) is 1. The maximum atomic E-state index is 6.16. The van der Waals surface area contributed by atoms with Crippen molar-refractivity contribution in [1.29, 1.82) is 0 Å². The van der Waals surface area contributed by atoms with Gasteiger partial charge in [0.2, 0.25) is 0 Å². The Morgan fingerprint density at radius 3 is 2.62 bits per heavy atom. The maximum Gasteiger partial charge on any atom is 0.0637 e. The minimum Gasteiger partial charge on any atom is -0.381 e. The zero-order valence-electron chi connectivity index (χ0n) is 10.0. The van der Waals surface area contributed by atoms with Crippen LogP contribution in [0.2, 0.25) is 5.02 Å². The number of hydrogen-bond acceptors (Lipinski definition) is 1. The van der Waals surface area contributed by atoms with Gasteiger partial charge in [0.25, 0.3) is 0 Å². The number of nitrogens with one attached hydrogen (secondary N) is 1. The Morgan fingerprint density at radius 2 is 1.94 bits per heavy atom. The van der Waals surface area contributed by atoms with Gasteiger partial charge in [-0.1, -0.05) is 37.6 Å². The van der Waals surface area contributed by atoms with Crippen molar-refractivity contribution in [3.63, 3.8) is 0 Å². The van der Waals surface area contributed by atoms with Gasteiger partial charge in [0, 0.05) is 6.04 Å². The van der Waals surface area contributed by atoms with E-state index in [0.717, 1.165) is 22.5 Å². The molecule has 0 spiro atoms. The fraction of sp³-hybridized carbons (Fsp3) is 0.571. The highest BCUT2D eigenvalue weighted by atomic mass is 35.5. The van der Waals surface area contributed by atoms with Crippen LogP contribution in [0.25, 0.3) is 0 Å². The molecule has 1 aliphatic rings. The second-order valence-electron chi connectivity index (χ2n) is 5.13. The maximum absolute atomic E-state index is 6.16. The molecule has 2 rings (SSSR count). The van der Waals surface area contributed by atoms with Crippen molar-refractivity contribution in [2.45, 2.75) is 39.2 Å². The van der Waals surface area contributed by atoms with E-state index in [2.05, 4.69) is 25.2 Å². The van der Waals surface area contributed by atoms with E-state index in [9.17, 15) is 0 Å². The molecule has 1 saturated carbocycles. The van der Waals surface area contributed by atoms with E-state index in [1.165, 1.54) is 19.3 Å². The Balaban J connectivity index is 2.02. The SMILES string of the molecule is CC1CCC(Nc2ccccc2Cl)C(C)C1. The molecular weight excluding hydrogens is 218 g/mol. The summed E-state index contributed by atoms with van der Waals surface area (Å²) >= 11 is 6.16. The van der Waals surface area contributed by atoms with Crippen LogP contribution in [-0.2, 0) is 0 Å². The second-order valence-corrected chi connectivity index (χ2v) is 5.53. The van der Waals surface area contributed by atoms with Gasteiger partial charge in [-0.3, -0.25) is 0 Å². The lowest BCUT2D eigenvalue weighted by Crippen LogP contribution is -2.33. The molecule has 1 aliphatic carbocycles. The van der Waals surface area contributed by atoms with Crippen LogP contribution in [0.4, 0.5) is 5.69 Å². The van der Waals surface area contributed by atoms with Crippen LogP contribution in [0.1, 0.15) is 33.1 Å². The molecular formula is C14H20ClN. The lowest BCUT2D eigenvalue weighted by molar-refractivity contribution is 0.276. The van der Waals surface area contributed by atoms with Crippen molar-refractivity contribution < 1.29 is 0 Å². The number of benzene rings is 1. The van der Waals surface area contributed by atoms with Crippen LogP contribution < -0.4 is 5.32 Å². The third-order valence-electron chi connectivity index (χ3n) is 3.65. The van der Waals surface area contributed by atoms with E-state index >= 15 is 0 Å². The topological polar surface area (TPSA) is 12.0 Å². The van der Waals surface area contributed by atoms with Gasteiger partial charge in [0.15, 0.2) is 0 Å². The van der Waals surface area contributed by atoms with E-state index in [1.54, 1.807) is 0 Å². The van der Waals surface area contributed by atoms with Crippen molar-refractivity contribution in [1.82, 2.24) is 0 Å². The average molecular weight is 238 g/mol. The lowest BCUT2D eigenvalue weighted by atomic mass is 9.80. The van der Waals surface area contributed by atoms with Crippen molar-refractivity contribution in [3.8, 4) is 0 Å². The van der Waals surface area contributed by atoms with E-state index in [0.29, 0.717) is 6.04 Å². The Kier molecular flexibility index (Phi) is 3.75. The molecule has 1 aromatic rings. The molecule has 1 N–H and O–H groups in total. The van der Waals surface area contributed by atoms with Crippen LogP contribution in [0.15, 0.2) is 24.3 Å². The summed E-state index contributed by atoms with van der Waals surface area (Å²) in [6.07, 6.45) is 3.90. The molecule has 0 aliphatic heterocycles. The summed E-state index contributed by atoms with van der Waals surface area (Å²) in [4.78, 5) is 0. The fourth-order valence-electron chi connectivity index (χ4n) is 2.66. The smallest absolute Gasteiger partial charge is 0.0637 e. The summed E-state index contributed by atoms with van der Waals surface area (Å²) in [7, 11) is 0. The van der Waals surface area contributed by atoms with Gasteiger partial charge in [0.05, 0.1) is 10.7 Å². The second kappa shape index (κ2) is 5.09. The van der Waals surface area contributed by atoms with Gasteiger partial charge in [-0.15, -0.1) is 0 Å². The first-order valence-electron chi connectivity index (χ1n) is 6.18. The average Bonchev–Trinajstić information content (AvgIpc) is 2.25. The molecule has 0 amide bonds. The Hall–Kier alpha value is -0.690. The molecule has 1 nitrogen and oxygen atoms in total. The normalized spacial score (nSPS) is 30.1. The largest absolute Gasteiger partial charge is 0.381 e. The van der Waals surface area contributed by atoms with Crippen LogP contribution in [0.5, 0.6) is 0 Å². The summed E-state index contributed by atoms with van der Waals surface area (Å²) < 4.78 is 0. The third kappa shape index (κ3) is 2.70. The first-order valence-corrected chi connectivity index (χ1v) is 6.55. The first kappa shape index (κ1) is 11.8. The molecule has 0 radical (unpaired) electrons. The van der Waals surface area contributed by atoms with Gasteiger partial charge >= 0.3 is 0 Å². The Morgan fingerprint density at radius 1 is 1.19 bits per heavy atom. The molecule has 0 heterocycles. The van der Waals surface area contributed by atoms with Gasteiger partial charge in [0.1, 0.15) is 0 Å². The molecule has 1 fully saturated rings. The highest BCUT2D eigenvalue weighted by Crippen LogP contribution is 2.32.